The molecule has 20 heavy (non-hydrogen) atoms. The van der Waals surface area contributed by atoms with Gasteiger partial charge in [-0.3, -0.25) is 0 Å². The average molecular weight is 256 g/mol. The molecule has 4 aromatic carbocycles. The first-order valence-corrected chi connectivity index (χ1v) is 6.89. The van der Waals surface area contributed by atoms with E-state index < -0.39 is 6.10 Å². The molecule has 0 fully saturated rings. The van der Waals surface area contributed by atoms with Gasteiger partial charge in [0.05, 0.1) is 0 Å². The SMILES string of the molecule is OC1c2cccc3ccc4c5ccccc5cc1c4c23. The molecule has 1 unspecified atom stereocenters. The van der Waals surface area contributed by atoms with Crippen LogP contribution < -0.4 is 0 Å². The Balaban J connectivity index is 2.17. The molecule has 1 nitrogen and oxygen atoms in total. The van der Waals surface area contributed by atoms with Crippen molar-refractivity contribution in [2.24, 2.45) is 0 Å². The van der Waals surface area contributed by atoms with Gasteiger partial charge in [-0.1, -0.05) is 54.6 Å². The summed E-state index contributed by atoms with van der Waals surface area (Å²) in [6.45, 7) is 0. The standard InChI is InChI=1S/C19H12O/c20-19-15-7-3-5-11-8-9-14-13-6-2-1-4-12(13)10-16(19)18(14)17(11)15/h1-10,19-20H. The van der Waals surface area contributed by atoms with Gasteiger partial charge in [0.1, 0.15) is 6.10 Å². The maximum Gasteiger partial charge on any atom is 0.105 e. The van der Waals surface area contributed by atoms with Gasteiger partial charge in [0, 0.05) is 0 Å². The molecule has 1 aliphatic carbocycles. The van der Waals surface area contributed by atoms with Crippen LogP contribution >= 0.6 is 0 Å². The maximum absolute atomic E-state index is 10.6. The van der Waals surface area contributed by atoms with Crippen LogP contribution in [0.2, 0.25) is 0 Å². The van der Waals surface area contributed by atoms with Crippen molar-refractivity contribution in [2.75, 3.05) is 0 Å². The first-order valence-electron chi connectivity index (χ1n) is 6.89. The highest BCUT2D eigenvalue weighted by molar-refractivity contribution is 6.21. The maximum atomic E-state index is 10.6. The minimum Gasteiger partial charge on any atom is -0.384 e. The van der Waals surface area contributed by atoms with E-state index in [0.717, 1.165) is 11.1 Å². The van der Waals surface area contributed by atoms with E-state index in [-0.39, 0.29) is 0 Å². The van der Waals surface area contributed by atoms with Crippen LogP contribution in [0.1, 0.15) is 17.2 Å². The highest BCUT2D eigenvalue weighted by Gasteiger charge is 2.26. The number of benzene rings is 4. The third-order valence-electron chi connectivity index (χ3n) is 4.52. The predicted octanol–water partition coefficient (Wildman–Crippen LogP) is 4.54. The van der Waals surface area contributed by atoms with Gasteiger partial charge >= 0.3 is 0 Å². The Kier molecular flexibility index (Phi) is 1.76. The highest BCUT2D eigenvalue weighted by atomic mass is 16.3. The van der Waals surface area contributed by atoms with E-state index >= 15 is 0 Å². The molecule has 0 radical (unpaired) electrons. The van der Waals surface area contributed by atoms with Crippen molar-refractivity contribution in [3.8, 4) is 0 Å². The zero-order valence-corrected chi connectivity index (χ0v) is 10.8. The van der Waals surface area contributed by atoms with Crippen LogP contribution in [0.25, 0.3) is 32.3 Å². The van der Waals surface area contributed by atoms with E-state index in [4.69, 9.17) is 0 Å². The van der Waals surface area contributed by atoms with Gasteiger partial charge < -0.3 is 5.11 Å². The third kappa shape index (κ3) is 1.08. The molecule has 1 N–H and O–H groups in total. The summed E-state index contributed by atoms with van der Waals surface area (Å²) in [6.07, 6.45) is -0.497. The lowest BCUT2D eigenvalue weighted by molar-refractivity contribution is 0.226. The molecular formula is C19H12O. The van der Waals surface area contributed by atoms with Crippen molar-refractivity contribution in [2.45, 2.75) is 6.10 Å². The molecule has 0 aliphatic heterocycles. The Morgan fingerprint density at radius 2 is 1.50 bits per heavy atom. The summed E-state index contributed by atoms with van der Waals surface area (Å²) >= 11 is 0. The van der Waals surface area contributed by atoms with Crippen LogP contribution in [0.15, 0.2) is 60.7 Å². The number of hydrogen-bond donors (Lipinski definition) is 1. The highest BCUT2D eigenvalue weighted by Crippen LogP contribution is 2.46. The molecule has 0 bridgehead atoms. The summed E-state index contributed by atoms with van der Waals surface area (Å²) < 4.78 is 0. The molecule has 0 saturated carbocycles. The Bertz CT molecular complexity index is 1010. The lowest BCUT2D eigenvalue weighted by atomic mass is 9.96. The van der Waals surface area contributed by atoms with E-state index in [2.05, 4.69) is 42.5 Å². The van der Waals surface area contributed by atoms with Crippen LogP contribution in [-0.2, 0) is 0 Å². The molecule has 94 valence electrons. The molecular weight excluding hydrogens is 244 g/mol. The van der Waals surface area contributed by atoms with Crippen LogP contribution in [0.5, 0.6) is 0 Å². The predicted molar refractivity (Wildman–Crippen MR) is 83.0 cm³/mol. The Hall–Kier alpha value is -2.38. The van der Waals surface area contributed by atoms with Gasteiger partial charge in [-0.05, 0) is 49.5 Å². The number of aliphatic hydroxyl groups is 1. The van der Waals surface area contributed by atoms with Gasteiger partial charge in [-0.2, -0.15) is 0 Å². The monoisotopic (exact) mass is 256 g/mol. The largest absolute Gasteiger partial charge is 0.384 e. The second-order valence-electron chi connectivity index (χ2n) is 5.52. The smallest absolute Gasteiger partial charge is 0.105 e. The molecule has 0 heterocycles. The topological polar surface area (TPSA) is 20.2 Å². The molecule has 0 aromatic heterocycles. The zero-order chi connectivity index (χ0) is 13.3. The van der Waals surface area contributed by atoms with Gasteiger partial charge in [0.25, 0.3) is 0 Å². The number of aliphatic hydroxyl groups excluding tert-OH is 1. The summed E-state index contributed by atoms with van der Waals surface area (Å²) in [6, 6.07) is 21.1. The third-order valence-corrected chi connectivity index (χ3v) is 4.52. The van der Waals surface area contributed by atoms with Crippen molar-refractivity contribution in [1.82, 2.24) is 0 Å². The quantitative estimate of drug-likeness (QED) is 0.458. The van der Waals surface area contributed by atoms with Gasteiger partial charge in [0.2, 0.25) is 0 Å². The summed E-state index contributed by atoms with van der Waals surface area (Å²) in [7, 11) is 0. The fraction of sp³-hybridized carbons (Fsp3) is 0.0526. The molecule has 4 aromatic rings. The average Bonchev–Trinajstić information content (AvgIpc) is 2.79. The summed E-state index contributed by atoms with van der Waals surface area (Å²) in [5.74, 6) is 0. The van der Waals surface area contributed by atoms with Gasteiger partial charge in [-0.15, -0.1) is 0 Å². The van der Waals surface area contributed by atoms with E-state index in [9.17, 15) is 5.11 Å². The van der Waals surface area contributed by atoms with Crippen molar-refractivity contribution in [3.05, 3.63) is 71.8 Å². The zero-order valence-electron chi connectivity index (χ0n) is 10.8. The van der Waals surface area contributed by atoms with E-state index in [1.165, 1.54) is 32.3 Å². The Morgan fingerprint density at radius 3 is 2.45 bits per heavy atom. The lowest BCUT2D eigenvalue weighted by Gasteiger charge is -2.08. The van der Waals surface area contributed by atoms with Crippen molar-refractivity contribution in [3.63, 3.8) is 0 Å². The fourth-order valence-electron chi connectivity index (χ4n) is 3.65. The van der Waals surface area contributed by atoms with E-state index in [1.54, 1.807) is 0 Å². The second kappa shape index (κ2) is 3.38. The number of hydrogen-bond acceptors (Lipinski definition) is 1. The van der Waals surface area contributed by atoms with Gasteiger partial charge in [-0.25, -0.2) is 0 Å². The summed E-state index contributed by atoms with van der Waals surface area (Å²) in [4.78, 5) is 0. The fourth-order valence-corrected chi connectivity index (χ4v) is 3.65. The molecule has 0 spiro atoms. The summed E-state index contributed by atoms with van der Waals surface area (Å²) in [5, 5.41) is 18.0. The second-order valence-corrected chi connectivity index (χ2v) is 5.52. The Morgan fingerprint density at radius 1 is 0.650 bits per heavy atom. The lowest BCUT2D eigenvalue weighted by Crippen LogP contribution is -1.93. The molecule has 0 saturated heterocycles. The van der Waals surface area contributed by atoms with Crippen molar-refractivity contribution < 1.29 is 5.11 Å². The van der Waals surface area contributed by atoms with Crippen molar-refractivity contribution >= 4 is 32.3 Å². The minimum absolute atomic E-state index is 0.497. The van der Waals surface area contributed by atoms with Crippen LogP contribution in [0, 0.1) is 0 Å². The van der Waals surface area contributed by atoms with E-state index in [1.807, 2.05) is 18.2 Å². The molecule has 1 atom stereocenters. The number of rotatable bonds is 0. The Labute approximate surface area is 116 Å². The molecule has 1 aliphatic rings. The van der Waals surface area contributed by atoms with E-state index in [0.29, 0.717) is 0 Å². The van der Waals surface area contributed by atoms with Crippen molar-refractivity contribution in [1.29, 1.82) is 0 Å². The van der Waals surface area contributed by atoms with Crippen LogP contribution in [0.4, 0.5) is 0 Å². The van der Waals surface area contributed by atoms with Crippen LogP contribution in [0.3, 0.4) is 0 Å². The number of fused-ring (bicyclic) bond motifs is 2. The van der Waals surface area contributed by atoms with Gasteiger partial charge in [0.15, 0.2) is 0 Å². The minimum atomic E-state index is -0.497. The first-order chi connectivity index (χ1) is 9.84. The van der Waals surface area contributed by atoms with Crippen LogP contribution in [-0.4, -0.2) is 5.11 Å². The normalized spacial score (nSPS) is 16.8. The molecule has 5 rings (SSSR count). The molecule has 1 heteroatoms. The molecule has 0 amide bonds. The summed E-state index contributed by atoms with van der Waals surface area (Å²) in [5.41, 5.74) is 2.09. The first kappa shape index (κ1) is 10.4.